The van der Waals surface area contributed by atoms with E-state index in [1.54, 1.807) is 35.7 Å². The summed E-state index contributed by atoms with van der Waals surface area (Å²) < 4.78 is 11.5. The van der Waals surface area contributed by atoms with Crippen molar-refractivity contribution in [3.8, 4) is 11.5 Å². The van der Waals surface area contributed by atoms with Gasteiger partial charge in [-0.05, 0) is 46.7 Å². The van der Waals surface area contributed by atoms with Crippen LogP contribution in [0.25, 0.3) is 16.2 Å². The van der Waals surface area contributed by atoms with Crippen LogP contribution in [0.4, 0.5) is 0 Å². The van der Waals surface area contributed by atoms with Crippen LogP contribution in [-0.2, 0) is 4.79 Å². The fourth-order valence-corrected chi connectivity index (χ4v) is 3.57. The average molecular weight is 396 g/mol. The molecule has 0 bridgehead atoms. The van der Waals surface area contributed by atoms with Crippen molar-refractivity contribution >= 4 is 39.3 Å². The summed E-state index contributed by atoms with van der Waals surface area (Å²) in [5.41, 5.74) is 1.42. The Morgan fingerprint density at radius 3 is 2.64 bits per heavy atom. The molecule has 28 heavy (non-hydrogen) atoms. The van der Waals surface area contributed by atoms with Crippen LogP contribution in [0.3, 0.4) is 0 Å². The number of methoxy groups -OCH3 is 2. The minimum atomic E-state index is -0.371. The third-order valence-electron chi connectivity index (χ3n) is 4.07. The quantitative estimate of drug-likeness (QED) is 0.641. The highest BCUT2D eigenvalue weighted by atomic mass is 32.1. The molecule has 6 nitrogen and oxygen atoms in total. The van der Waals surface area contributed by atoms with Crippen LogP contribution in [0.15, 0.2) is 54.0 Å². The lowest BCUT2D eigenvalue weighted by molar-refractivity contribution is -0.119. The Balaban J connectivity index is 1.53. The average Bonchev–Trinajstić information content (AvgIpc) is 3.14. The lowest BCUT2D eigenvalue weighted by Gasteiger charge is -2.09. The zero-order valence-corrected chi connectivity index (χ0v) is 16.3. The Morgan fingerprint density at radius 2 is 1.86 bits per heavy atom. The summed E-state index contributed by atoms with van der Waals surface area (Å²) in [7, 11) is 3.02. The number of amides is 2. The van der Waals surface area contributed by atoms with Gasteiger partial charge in [-0.3, -0.25) is 9.59 Å². The number of benzene rings is 2. The van der Waals surface area contributed by atoms with Crippen molar-refractivity contribution in [2.45, 2.75) is 0 Å². The molecule has 0 saturated heterocycles. The fourth-order valence-electron chi connectivity index (χ4n) is 2.64. The standard InChI is InChI=1S/C21H20N2O4S/c1-26-17-8-7-14(11-18(17)27-2)21(25)23-12-20(24)22-10-9-15-13-28-19-6-4-3-5-16(15)19/h3-11,13H,12H2,1-2H3,(H,22,24)(H,23,25)/b10-9+. The van der Waals surface area contributed by atoms with Gasteiger partial charge in [0.25, 0.3) is 5.91 Å². The maximum absolute atomic E-state index is 12.2. The van der Waals surface area contributed by atoms with E-state index >= 15 is 0 Å². The molecule has 0 saturated carbocycles. The number of rotatable bonds is 7. The van der Waals surface area contributed by atoms with Crippen LogP contribution < -0.4 is 20.1 Å². The molecule has 0 aliphatic heterocycles. The van der Waals surface area contributed by atoms with Gasteiger partial charge in [0.05, 0.1) is 20.8 Å². The summed E-state index contributed by atoms with van der Waals surface area (Å²) in [6.45, 7) is -0.137. The van der Waals surface area contributed by atoms with Gasteiger partial charge in [0.15, 0.2) is 11.5 Å². The maximum atomic E-state index is 12.2. The number of fused-ring (bicyclic) bond motifs is 1. The lowest BCUT2D eigenvalue weighted by Crippen LogP contribution is -2.34. The topological polar surface area (TPSA) is 76.7 Å². The number of nitrogens with one attached hydrogen (secondary N) is 2. The van der Waals surface area contributed by atoms with E-state index < -0.39 is 0 Å². The predicted molar refractivity (Wildman–Crippen MR) is 111 cm³/mol. The number of thiophene rings is 1. The summed E-state index contributed by atoms with van der Waals surface area (Å²) >= 11 is 1.65. The first-order valence-corrected chi connectivity index (χ1v) is 9.42. The van der Waals surface area contributed by atoms with Crippen molar-refractivity contribution in [1.29, 1.82) is 0 Å². The zero-order valence-electron chi connectivity index (χ0n) is 15.5. The van der Waals surface area contributed by atoms with Gasteiger partial charge < -0.3 is 20.1 Å². The Hall–Kier alpha value is -3.32. The molecule has 7 heteroatoms. The largest absolute Gasteiger partial charge is 0.493 e. The highest BCUT2D eigenvalue weighted by molar-refractivity contribution is 7.17. The van der Waals surface area contributed by atoms with Crippen molar-refractivity contribution < 1.29 is 19.1 Å². The van der Waals surface area contributed by atoms with Gasteiger partial charge in [0.2, 0.25) is 5.91 Å². The molecule has 0 atom stereocenters. The van der Waals surface area contributed by atoms with Crippen molar-refractivity contribution in [1.82, 2.24) is 10.6 Å². The van der Waals surface area contributed by atoms with Crippen molar-refractivity contribution in [2.75, 3.05) is 20.8 Å². The van der Waals surface area contributed by atoms with E-state index in [-0.39, 0.29) is 18.4 Å². The fraction of sp³-hybridized carbons (Fsp3) is 0.143. The van der Waals surface area contributed by atoms with Gasteiger partial charge in [0.1, 0.15) is 0 Å². The predicted octanol–water partition coefficient (Wildman–Crippen LogP) is 3.44. The van der Waals surface area contributed by atoms with Gasteiger partial charge in [-0.25, -0.2) is 0 Å². The lowest BCUT2D eigenvalue weighted by atomic mass is 10.2. The van der Waals surface area contributed by atoms with Gasteiger partial charge in [-0.15, -0.1) is 11.3 Å². The normalized spacial score (nSPS) is 10.8. The maximum Gasteiger partial charge on any atom is 0.251 e. The van der Waals surface area contributed by atoms with E-state index in [4.69, 9.17) is 9.47 Å². The second-order valence-electron chi connectivity index (χ2n) is 5.84. The first-order chi connectivity index (χ1) is 13.6. The molecule has 0 aliphatic carbocycles. The van der Waals surface area contributed by atoms with E-state index in [2.05, 4.69) is 16.7 Å². The van der Waals surface area contributed by atoms with Gasteiger partial charge in [0, 0.05) is 16.5 Å². The van der Waals surface area contributed by atoms with E-state index in [1.165, 1.54) is 18.9 Å². The molecule has 0 aliphatic rings. The SMILES string of the molecule is COc1ccc(C(=O)NCC(=O)N/C=C/c2csc3ccccc23)cc1OC. The van der Waals surface area contributed by atoms with Gasteiger partial charge >= 0.3 is 0 Å². The summed E-state index contributed by atoms with van der Waals surface area (Å²) in [5.74, 6) is 0.293. The molecule has 1 aromatic heterocycles. The number of ether oxygens (including phenoxy) is 2. The highest BCUT2D eigenvalue weighted by Crippen LogP contribution is 2.27. The summed E-state index contributed by atoms with van der Waals surface area (Å²) in [6.07, 6.45) is 3.42. The molecule has 3 aromatic rings. The molecule has 0 fully saturated rings. The monoisotopic (exact) mass is 396 g/mol. The number of carbonyl (C=O) groups excluding carboxylic acids is 2. The molecule has 2 amide bonds. The Bertz CT molecular complexity index is 1030. The summed E-state index contributed by atoms with van der Waals surface area (Å²) in [4.78, 5) is 24.2. The first kappa shape index (κ1) is 19.4. The Kier molecular flexibility index (Phi) is 6.29. The van der Waals surface area contributed by atoms with Crippen LogP contribution >= 0.6 is 11.3 Å². The van der Waals surface area contributed by atoms with Crippen LogP contribution in [-0.4, -0.2) is 32.6 Å². The molecule has 144 valence electrons. The number of hydrogen-bond donors (Lipinski definition) is 2. The van der Waals surface area contributed by atoms with Crippen LogP contribution in [0.2, 0.25) is 0 Å². The van der Waals surface area contributed by atoms with Crippen molar-refractivity contribution in [2.24, 2.45) is 0 Å². The van der Waals surface area contributed by atoms with E-state index in [9.17, 15) is 9.59 Å². The second-order valence-corrected chi connectivity index (χ2v) is 6.75. The molecular weight excluding hydrogens is 376 g/mol. The van der Waals surface area contributed by atoms with Crippen LogP contribution in [0.1, 0.15) is 15.9 Å². The smallest absolute Gasteiger partial charge is 0.251 e. The number of carbonyl (C=O) groups is 2. The van der Waals surface area contributed by atoms with E-state index in [0.717, 1.165) is 10.9 Å². The van der Waals surface area contributed by atoms with Gasteiger partial charge in [-0.1, -0.05) is 18.2 Å². The molecule has 2 aromatic carbocycles. The van der Waals surface area contributed by atoms with Crippen LogP contribution in [0, 0.1) is 0 Å². The highest BCUT2D eigenvalue weighted by Gasteiger charge is 2.11. The van der Waals surface area contributed by atoms with Gasteiger partial charge in [-0.2, -0.15) is 0 Å². The van der Waals surface area contributed by atoms with Crippen LogP contribution in [0.5, 0.6) is 11.5 Å². The Morgan fingerprint density at radius 1 is 1.07 bits per heavy atom. The third-order valence-corrected chi connectivity index (χ3v) is 5.06. The zero-order chi connectivity index (χ0) is 19.9. The molecule has 1 heterocycles. The third kappa shape index (κ3) is 4.50. The molecule has 0 unspecified atom stereocenters. The molecule has 2 N–H and O–H groups in total. The molecule has 0 spiro atoms. The van der Waals surface area contributed by atoms with E-state index in [0.29, 0.717) is 17.1 Å². The molecule has 3 rings (SSSR count). The first-order valence-electron chi connectivity index (χ1n) is 8.54. The Labute approximate surface area is 166 Å². The minimum absolute atomic E-state index is 0.137. The number of hydrogen-bond acceptors (Lipinski definition) is 5. The van der Waals surface area contributed by atoms with Crippen molar-refractivity contribution in [3.05, 3.63) is 65.2 Å². The van der Waals surface area contributed by atoms with E-state index in [1.807, 2.05) is 29.7 Å². The molecule has 0 radical (unpaired) electrons. The van der Waals surface area contributed by atoms with Crippen molar-refractivity contribution in [3.63, 3.8) is 0 Å². The minimum Gasteiger partial charge on any atom is -0.493 e. The summed E-state index contributed by atoms with van der Waals surface area (Å²) in [6, 6.07) is 12.9. The molecular formula is C21H20N2O4S. The second kappa shape index (κ2) is 9.05. The summed E-state index contributed by atoms with van der Waals surface area (Å²) in [5, 5.41) is 8.41.